The molecule has 3 aromatic rings. The highest BCUT2D eigenvalue weighted by molar-refractivity contribution is 14.1. The highest BCUT2D eigenvalue weighted by atomic mass is 127. The molecule has 1 N–H and O–H groups in total. The number of benzene rings is 3. The van der Waals surface area contributed by atoms with Crippen molar-refractivity contribution in [3.05, 3.63) is 88.8 Å². The van der Waals surface area contributed by atoms with Crippen molar-refractivity contribution in [1.29, 1.82) is 0 Å². The molecule has 0 spiro atoms. The zero-order valence-corrected chi connectivity index (χ0v) is 25.0. The van der Waals surface area contributed by atoms with Gasteiger partial charge >= 0.3 is 10.1 Å². The third-order valence-corrected chi connectivity index (χ3v) is 8.63. The van der Waals surface area contributed by atoms with E-state index in [-0.39, 0.29) is 34.6 Å². The van der Waals surface area contributed by atoms with Crippen LogP contribution in [-0.2, 0) is 14.9 Å². The number of hydrogen-bond donors (Lipinski definition) is 1. The average molecular weight is 720 g/mol. The van der Waals surface area contributed by atoms with Gasteiger partial charge in [0.1, 0.15) is 4.90 Å². The first kappa shape index (κ1) is 29.1. The quantitative estimate of drug-likeness (QED) is 0.0909. The van der Waals surface area contributed by atoms with Crippen LogP contribution in [0.25, 0.3) is 6.08 Å². The highest BCUT2D eigenvalue weighted by Gasteiger charge is 2.26. The van der Waals surface area contributed by atoms with Gasteiger partial charge in [-0.25, -0.2) is 4.99 Å². The number of nitrogens with zero attached hydrogens (tertiary/aromatic N) is 2. The molecule has 1 aliphatic heterocycles. The third kappa shape index (κ3) is 7.03. The van der Waals surface area contributed by atoms with Crippen molar-refractivity contribution >= 4 is 96.2 Å². The number of halogens is 3. The molecule has 1 aliphatic rings. The predicted molar refractivity (Wildman–Crippen MR) is 159 cm³/mol. The molecule has 1 fully saturated rings. The van der Waals surface area contributed by atoms with Gasteiger partial charge in [-0.05, 0) is 95.4 Å². The molecule has 1 heterocycles. The summed E-state index contributed by atoms with van der Waals surface area (Å²) in [5, 5.41) is 14.6. The van der Waals surface area contributed by atoms with Crippen molar-refractivity contribution < 1.29 is 27.1 Å². The maximum absolute atomic E-state index is 12.9. The number of aliphatic imine (C=N–C) groups is 1. The maximum Gasteiger partial charge on any atom is 0.339 e. The molecule has 0 radical (unpaired) electrons. The summed E-state index contributed by atoms with van der Waals surface area (Å²) >= 11 is 15.0. The number of carbonyl (C=O) groups is 1. The van der Waals surface area contributed by atoms with Crippen molar-refractivity contribution in [2.75, 3.05) is 6.61 Å². The molecule has 1 amide bonds. The second-order valence-electron chi connectivity index (χ2n) is 7.63. The number of nitro benzene ring substituents is 1. The summed E-state index contributed by atoms with van der Waals surface area (Å²) in [6.45, 7) is 1.93. The fourth-order valence-corrected chi connectivity index (χ4v) is 6.19. The molecular weight excluding hydrogens is 704 g/mol. The lowest BCUT2D eigenvalue weighted by Gasteiger charge is -2.14. The van der Waals surface area contributed by atoms with Gasteiger partial charge in [0.15, 0.2) is 16.7 Å². The predicted octanol–water partition coefficient (Wildman–Crippen LogP) is 6.56. The van der Waals surface area contributed by atoms with Crippen LogP contribution in [0.5, 0.6) is 11.5 Å². The standard InChI is InChI=1S/C24H16Cl2IN3O7S2/c1-2-36-20-10-13(11-21-23(31)29-24(38-21)28-14-3-8-17(25)18(26)12-14)9-19(27)22(20)37-39(34,35)16-6-4-15(5-7-16)30(32)33/h3-12H,2H2,1H3,(H,28,29,31)/b21-11+. The number of nitrogens with one attached hydrogen (secondary N) is 1. The van der Waals surface area contributed by atoms with Crippen LogP contribution in [0.1, 0.15) is 12.5 Å². The van der Waals surface area contributed by atoms with Crippen LogP contribution in [0.3, 0.4) is 0 Å². The van der Waals surface area contributed by atoms with Crippen molar-refractivity contribution in [2.45, 2.75) is 11.8 Å². The van der Waals surface area contributed by atoms with Gasteiger partial charge in [-0.1, -0.05) is 23.2 Å². The first-order valence-electron chi connectivity index (χ1n) is 10.9. The summed E-state index contributed by atoms with van der Waals surface area (Å²) in [4.78, 5) is 27.3. The minimum atomic E-state index is -4.33. The van der Waals surface area contributed by atoms with Crippen molar-refractivity contribution in [3.8, 4) is 11.5 Å². The zero-order valence-electron chi connectivity index (χ0n) is 19.7. The molecule has 0 aromatic heterocycles. The minimum absolute atomic E-state index is 0.0525. The van der Waals surface area contributed by atoms with E-state index in [0.717, 1.165) is 36.0 Å². The lowest BCUT2D eigenvalue weighted by atomic mass is 10.2. The van der Waals surface area contributed by atoms with Gasteiger partial charge in [0, 0.05) is 12.1 Å². The van der Waals surface area contributed by atoms with E-state index in [2.05, 4.69) is 10.3 Å². The number of non-ortho nitro benzene ring substituents is 1. The molecule has 0 unspecified atom stereocenters. The van der Waals surface area contributed by atoms with Gasteiger partial charge in [0.25, 0.3) is 11.6 Å². The van der Waals surface area contributed by atoms with Crippen molar-refractivity contribution in [2.24, 2.45) is 4.99 Å². The number of hydrogen-bond acceptors (Lipinski definition) is 9. The van der Waals surface area contributed by atoms with Crippen LogP contribution in [0.4, 0.5) is 11.4 Å². The van der Waals surface area contributed by atoms with Crippen LogP contribution in [-0.4, -0.2) is 31.0 Å². The smallest absolute Gasteiger partial charge is 0.339 e. The molecule has 39 heavy (non-hydrogen) atoms. The molecule has 10 nitrogen and oxygen atoms in total. The molecule has 0 saturated carbocycles. The maximum atomic E-state index is 12.9. The Bertz CT molecular complexity index is 1650. The second-order valence-corrected chi connectivity index (χ2v) is 12.2. The van der Waals surface area contributed by atoms with Crippen LogP contribution in [0.15, 0.2) is 69.4 Å². The monoisotopic (exact) mass is 719 g/mol. The molecule has 1 saturated heterocycles. The van der Waals surface area contributed by atoms with Gasteiger partial charge in [0.05, 0.1) is 35.7 Å². The van der Waals surface area contributed by atoms with Crippen LogP contribution < -0.4 is 14.2 Å². The Morgan fingerprint density at radius 2 is 1.85 bits per heavy atom. The number of ether oxygens (including phenoxy) is 1. The molecule has 15 heteroatoms. The van der Waals surface area contributed by atoms with Gasteiger partial charge in [-0.3, -0.25) is 14.9 Å². The number of amides is 1. The molecule has 0 bridgehead atoms. The Hall–Kier alpha value is -2.85. The number of rotatable bonds is 8. The van der Waals surface area contributed by atoms with Gasteiger partial charge in [-0.2, -0.15) is 8.42 Å². The number of thioether (sulfide) groups is 1. The van der Waals surface area contributed by atoms with E-state index in [1.54, 1.807) is 43.3 Å². The Morgan fingerprint density at radius 3 is 2.49 bits per heavy atom. The van der Waals surface area contributed by atoms with Crippen LogP contribution >= 0.6 is 57.6 Å². The fourth-order valence-electron chi connectivity index (χ4n) is 3.21. The SMILES string of the molecule is CCOc1cc(/C=C2/SC(=Nc3ccc(Cl)c(Cl)c3)NC2=O)cc(I)c1OS(=O)(=O)c1ccc([N+](=O)[O-])cc1. The summed E-state index contributed by atoms with van der Waals surface area (Å²) in [6, 6.07) is 12.3. The van der Waals surface area contributed by atoms with Gasteiger partial charge < -0.3 is 14.2 Å². The molecule has 0 aliphatic carbocycles. The lowest BCUT2D eigenvalue weighted by Crippen LogP contribution is -2.19. The minimum Gasteiger partial charge on any atom is -0.490 e. The molecule has 0 atom stereocenters. The summed E-state index contributed by atoms with van der Waals surface area (Å²) in [7, 11) is -4.33. The zero-order chi connectivity index (χ0) is 28.3. The second kappa shape index (κ2) is 12.1. The molecule has 4 rings (SSSR count). The van der Waals surface area contributed by atoms with Crippen LogP contribution in [0, 0.1) is 13.7 Å². The summed E-state index contributed by atoms with van der Waals surface area (Å²) < 4.78 is 37.2. The Labute approximate surface area is 250 Å². The first-order valence-corrected chi connectivity index (χ1v) is 14.9. The van der Waals surface area contributed by atoms with E-state index >= 15 is 0 Å². The van der Waals surface area contributed by atoms with E-state index < -0.39 is 15.0 Å². The number of carbonyl (C=O) groups excluding carboxylic acids is 1. The van der Waals surface area contributed by atoms with Crippen LogP contribution in [0.2, 0.25) is 10.0 Å². The summed E-state index contributed by atoms with van der Waals surface area (Å²) in [5.41, 5.74) is 0.809. The largest absolute Gasteiger partial charge is 0.490 e. The van der Waals surface area contributed by atoms with Gasteiger partial charge in [-0.15, -0.1) is 0 Å². The normalized spacial score (nSPS) is 15.4. The number of nitro groups is 1. The van der Waals surface area contributed by atoms with Crippen molar-refractivity contribution in [3.63, 3.8) is 0 Å². The summed E-state index contributed by atoms with van der Waals surface area (Å²) in [5.74, 6) is -0.286. The van der Waals surface area contributed by atoms with E-state index in [1.807, 2.05) is 22.6 Å². The first-order chi connectivity index (χ1) is 18.5. The Kier molecular flexibility index (Phi) is 9.06. The fraction of sp³-hybridized carbons (Fsp3) is 0.0833. The van der Waals surface area contributed by atoms with E-state index in [1.165, 1.54) is 0 Å². The van der Waals surface area contributed by atoms with E-state index in [9.17, 15) is 23.3 Å². The van der Waals surface area contributed by atoms with E-state index in [0.29, 0.717) is 34.9 Å². The lowest BCUT2D eigenvalue weighted by molar-refractivity contribution is -0.384. The topological polar surface area (TPSA) is 137 Å². The Balaban J connectivity index is 1.61. The molecule has 3 aromatic carbocycles. The van der Waals surface area contributed by atoms with Gasteiger partial charge in [0.2, 0.25) is 0 Å². The average Bonchev–Trinajstić information content (AvgIpc) is 3.22. The van der Waals surface area contributed by atoms with E-state index in [4.69, 9.17) is 32.1 Å². The Morgan fingerprint density at radius 1 is 1.13 bits per heavy atom. The molecule has 202 valence electrons. The summed E-state index contributed by atoms with van der Waals surface area (Å²) in [6.07, 6.45) is 1.61. The molecular formula is C24H16Cl2IN3O7S2. The third-order valence-electron chi connectivity index (χ3n) is 4.94. The highest BCUT2D eigenvalue weighted by Crippen LogP contribution is 2.38. The van der Waals surface area contributed by atoms with Crippen molar-refractivity contribution in [1.82, 2.24) is 5.32 Å². The number of amidine groups is 1.